The fraction of sp³-hybridized carbons (Fsp3) is 0.909. The fourth-order valence-corrected chi connectivity index (χ4v) is 2.74. The minimum absolute atomic E-state index is 0.300. The molecule has 0 aliphatic carbocycles. The maximum Gasteiger partial charge on any atom is 0.419 e. The molecule has 0 rings (SSSR count). The van der Waals surface area contributed by atoms with Gasteiger partial charge in [0.2, 0.25) is 0 Å². The number of carbonyl (C=O) groups is 1. The Morgan fingerprint density at radius 3 is 1.65 bits per heavy atom. The van der Waals surface area contributed by atoms with Crippen LogP contribution in [0, 0.1) is 0 Å². The van der Waals surface area contributed by atoms with Gasteiger partial charge in [0.15, 0.2) is 0 Å². The zero-order valence-corrected chi connectivity index (χ0v) is 13.5. The lowest BCUT2D eigenvalue weighted by Crippen LogP contribution is -2.44. The highest BCUT2D eigenvalue weighted by Gasteiger charge is 2.23. The number of rotatable bonds is 10. The molecule has 0 aromatic rings. The average Bonchev–Trinajstić information content (AvgIpc) is 2.24. The molecule has 9 heteroatoms. The SMILES string of the molecule is CN(C)CCCN(CCCN(C)C)S(=O)(=O)NC(=O)O. The van der Waals surface area contributed by atoms with Crippen LogP contribution in [0.2, 0.25) is 0 Å². The molecule has 0 unspecified atom stereocenters. The summed E-state index contributed by atoms with van der Waals surface area (Å²) in [6, 6.07) is 0. The molecule has 0 atom stereocenters. The van der Waals surface area contributed by atoms with E-state index in [-0.39, 0.29) is 0 Å². The van der Waals surface area contributed by atoms with Gasteiger partial charge >= 0.3 is 16.3 Å². The quantitative estimate of drug-likeness (QED) is 0.576. The lowest BCUT2D eigenvalue weighted by Gasteiger charge is -2.23. The van der Waals surface area contributed by atoms with Crippen LogP contribution in [-0.4, -0.2) is 88.1 Å². The van der Waals surface area contributed by atoms with Crippen LogP contribution < -0.4 is 4.72 Å². The van der Waals surface area contributed by atoms with Gasteiger partial charge in [-0.2, -0.15) is 12.7 Å². The third-order valence-electron chi connectivity index (χ3n) is 2.58. The molecule has 0 radical (unpaired) electrons. The van der Waals surface area contributed by atoms with Gasteiger partial charge in [-0.1, -0.05) is 0 Å². The van der Waals surface area contributed by atoms with Crippen LogP contribution >= 0.6 is 0 Å². The normalized spacial score (nSPS) is 12.3. The summed E-state index contributed by atoms with van der Waals surface area (Å²) in [6.07, 6.45) is -0.263. The van der Waals surface area contributed by atoms with Crippen LogP contribution in [0.5, 0.6) is 0 Å². The molecule has 0 fully saturated rings. The molecule has 0 spiro atoms. The third kappa shape index (κ3) is 9.08. The van der Waals surface area contributed by atoms with Crippen LogP contribution in [-0.2, 0) is 10.2 Å². The first kappa shape index (κ1) is 19.1. The number of hydrogen-bond donors (Lipinski definition) is 2. The molecule has 120 valence electrons. The van der Waals surface area contributed by atoms with Crippen LogP contribution in [0.1, 0.15) is 12.8 Å². The first-order valence-corrected chi connectivity index (χ1v) is 7.89. The largest absolute Gasteiger partial charge is 0.464 e. The third-order valence-corrected chi connectivity index (χ3v) is 4.06. The Hall–Kier alpha value is -0.900. The first-order chi connectivity index (χ1) is 9.15. The highest BCUT2D eigenvalue weighted by Crippen LogP contribution is 2.03. The van der Waals surface area contributed by atoms with Crippen LogP contribution in [0.3, 0.4) is 0 Å². The van der Waals surface area contributed by atoms with Crippen LogP contribution in [0.15, 0.2) is 0 Å². The Bertz CT molecular complexity index is 370. The summed E-state index contributed by atoms with van der Waals surface area (Å²) >= 11 is 0. The summed E-state index contributed by atoms with van der Waals surface area (Å²) in [5, 5.41) is 8.59. The second kappa shape index (κ2) is 9.11. The number of hydrogen-bond acceptors (Lipinski definition) is 5. The summed E-state index contributed by atoms with van der Waals surface area (Å²) < 4.78 is 26.6. The van der Waals surface area contributed by atoms with E-state index < -0.39 is 16.3 Å². The predicted molar refractivity (Wildman–Crippen MR) is 78.0 cm³/mol. The minimum atomic E-state index is -3.97. The van der Waals surface area contributed by atoms with Crippen molar-refractivity contribution >= 4 is 16.3 Å². The Labute approximate surface area is 121 Å². The molecule has 8 nitrogen and oxygen atoms in total. The van der Waals surface area contributed by atoms with Crippen molar-refractivity contribution < 1.29 is 18.3 Å². The van der Waals surface area contributed by atoms with Crippen molar-refractivity contribution in [3.05, 3.63) is 0 Å². The van der Waals surface area contributed by atoms with E-state index in [9.17, 15) is 13.2 Å². The molecular weight excluding hydrogens is 284 g/mol. The van der Waals surface area contributed by atoms with E-state index >= 15 is 0 Å². The molecular formula is C11H26N4O4S. The van der Waals surface area contributed by atoms with Gasteiger partial charge in [0, 0.05) is 13.1 Å². The van der Waals surface area contributed by atoms with Gasteiger partial charge in [-0.25, -0.2) is 9.52 Å². The van der Waals surface area contributed by atoms with Gasteiger partial charge in [-0.15, -0.1) is 0 Å². The Balaban J connectivity index is 4.56. The van der Waals surface area contributed by atoms with E-state index in [1.54, 1.807) is 4.72 Å². The lowest BCUT2D eigenvalue weighted by atomic mass is 10.3. The smallest absolute Gasteiger partial charge is 0.419 e. The van der Waals surface area contributed by atoms with Crippen molar-refractivity contribution in [1.29, 1.82) is 0 Å². The molecule has 2 N–H and O–H groups in total. The monoisotopic (exact) mass is 310 g/mol. The van der Waals surface area contributed by atoms with E-state index in [4.69, 9.17) is 5.11 Å². The molecule has 0 aliphatic heterocycles. The summed E-state index contributed by atoms with van der Waals surface area (Å²) in [6.45, 7) is 2.09. The molecule has 0 aromatic heterocycles. The number of nitrogens with zero attached hydrogens (tertiary/aromatic N) is 3. The van der Waals surface area contributed by atoms with Gasteiger partial charge in [-0.05, 0) is 54.1 Å². The first-order valence-electron chi connectivity index (χ1n) is 6.45. The molecule has 0 heterocycles. The van der Waals surface area contributed by atoms with Gasteiger partial charge < -0.3 is 14.9 Å². The average molecular weight is 310 g/mol. The van der Waals surface area contributed by atoms with Crippen molar-refractivity contribution in [2.24, 2.45) is 0 Å². The van der Waals surface area contributed by atoms with Gasteiger partial charge in [0.25, 0.3) is 0 Å². The van der Waals surface area contributed by atoms with E-state index in [2.05, 4.69) is 0 Å². The number of nitrogens with one attached hydrogen (secondary N) is 1. The summed E-state index contributed by atoms with van der Waals surface area (Å²) in [5.41, 5.74) is 0. The molecule has 0 aromatic carbocycles. The van der Waals surface area contributed by atoms with Crippen molar-refractivity contribution in [3.63, 3.8) is 0 Å². The van der Waals surface area contributed by atoms with Gasteiger partial charge in [0.05, 0.1) is 0 Å². The van der Waals surface area contributed by atoms with Crippen LogP contribution in [0.25, 0.3) is 0 Å². The highest BCUT2D eigenvalue weighted by molar-refractivity contribution is 7.87. The zero-order chi connectivity index (χ0) is 15.8. The minimum Gasteiger partial charge on any atom is -0.464 e. The second-order valence-electron chi connectivity index (χ2n) is 5.12. The van der Waals surface area contributed by atoms with Gasteiger partial charge in [0.1, 0.15) is 0 Å². The highest BCUT2D eigenvalue weighted by atomic mass is 32.2. The van der Waals surface area contributed by atoms with Crippen molar-refractivity contribution in [2.45, 2.75) is 12.8 Å². The summed E-state index contributed by atoms with van der Waals surface area (Å²) in [4.78, 5) is 14.5. The standard InChI is InChI=1S/C11H26N4O4S/c1-13(2)7-5-9-15(10-6-8-14(3)4)20(18,19)12-11(16)17/h12H,5-10H2,1-4H3,(H,16,17). The molecule has 0 saturated carbocycles. The maximum absolute atomic E-state index is 11.9. The van der Waals surface area contributed by atoms with Crippen molar-refractivity contribution in [3.8, 4) is 0 Å². The van der Waals surface area contributed by atoms with E-state index in [1.165, 1.54) is 4.31 Å². The number of amides is 1. The van der Waals surface area contributed by atoms with Crippen LogP contribution in [0.4, 0.5) is 4.79 Å². The molecule has 1 amide bonds. The predicted octanol–water partition coefficient (Wildman–Crippen LogP) is -0.296. The van der Waals surface area contributed by atoms with E-state index in [0.717, 1.165) is 13.1 Å². The second-order valence-corrected chi connectivity index (χ2v) is 6.80. The van der Waals surface area contributed by atoms with E-state index in [1.807, 2.05) is 38.0 Å². The lowest BCUT2D eigenvalue weighted by molar-refractivity contribution is 0.200. The Morgan fingerprint density at radius 2 is 1.35 bits per heavy atom. The molecule has 0 aliphatic rings. The molecule has 0 bridgehead atoms. The molecule has 20 heavy (non-hydrogen) atoms. The fourth-order valence-electron chi connectivity index (χ4n) is 1.65. The van der Waals surface area contributed by atoms with Crippen molar-refractivity contribution in [1.82, 2.24) is 18.8 Å². The Kier molecular flexibility index (Phi) is 8.70. The maximum atomic E-state index is 11.9. The topological polar surface area (TPSA) is 93.2 Å². The van der Waals surface area contributed by atoms with Crippen molar-refractivity contribution in [2.75, 3.05) is 54.4 Å². The number of carboxylic acid groups (broad SMARTS) is 1. The summed E-state index contributed by atoms with van der Waals surface area (Å²) in [7, 11) is 3.64. The molecule has 0 saturated heterocycles. The zero-order valence-electron chi connectivity index (χ0n) is 12.7. The summed E-state index contributed by atoms with van der Waals surface area (Å²) in [5.74, 6) is 0. The van der Waals surface area contributed by atoms with Gasteiger partial charge in [-0.3, -0.25) is 0 Å². The Morgan fingerprint density at radius 1 is 0.950 bits per heavy atom. The van der Waals surface area contributed by atoms with E-state index in [0.29, 0.717) is 25.9 Å².